The lowest BCUT2D eigenvalue weighted by Crippen LogP contribution is -2.47. The van der Waals surface area contributed by atoms with Crippen LogP contribution in [-0.4, -0.2) is 42.2 Å². The van der Waals surface area contributed by atoms with Crippen molar-refractivity contribution in [1.29, 1.82) is 0 Å². The van der Waals surface area contributed by atoms with Crippen molar-refractivity contribution in [2.45, 2.75) is 69.9 Å². The number of nitrogens with two attached hydrogens (primary N) is 1. The predicted molar refractivity (Wildman–Crippen MR) is 150 cm³/mol. The minimum Gasteiger partial charge on any atom is -0.362 e. The molecule has 1 fully saturated rings. The van der Waals surface area contributed by atoms with Gasteiger partial charge in [0.1, 0.15) is 5.82 Å². The Balaban J connectivity index is 1.29. The Labute approximate surface area is 220 Å². The number of aromatic nitrogens is 2. The third-order valence-corrected chi connectivity index (χ3v) is 7.71. The maximum absolute atomic E-state index is 12.7. The largest absolute Gasteiger partial charge is 0.362 e. The van der Waals surface area contributed by atoms with Crippen molar-refractivity contribution in [2.75, 3.05) is 29.2 Å². The summed E-state index contributed by atoms with van der Waals surface area (Å²) in [5, 5.41) is 3.62. The summed E-state index contributed by atoms with van der Waals surface area (Å²) in [4.78, 5) is 26.4. The van der Waals surface area contributed by atoms with Crippen molar-refractivity contribution >= 4 is 23.5 Å². The summed E-state index contributed by atoms with van der Waals surface area (Å²) in [7, 11) is 4.11. The van der Waals surface area contributed by atoms with Crippen molar-refractivity contribution in [2.24, 2.45) is 5.73 Å². The van der Waals surface area contributed by atoms with Gasteiger partial charge in [0.05, 0.1) is 5.69 Å². The van der Waals surface area contributed by atoms with E-state index in [-0.39, 0.29) is 18.1 Å². The number of urea groups is 1. The van der Waals surface area contributed by atoms with Gasteiger partial charge < -0.3 is 16.0 Å². The summed E-state index contributed by atoms with van der Waals surface area (Å²) in [6, 6.07) is 18.5. The molecule has 1 heterocycles. The second kappa shape index (κ2) is 11.2. The van der Waals surface area contributed by atoms with Crippen LogP contribution in [0.2, 0.25) is 0 Å². The highest BCUT2D eigenvalue weighted by molar-refractivity contribution is 5.92. The topological polar surface area (TPSA) is 87.4 Å². The molecule has 0 spiro atoms. The van der Waals surface area contributed by atoms with E-state index < -0.39 is 0 Å². The number of hydrogen-bond acceptors (Lipinski definition) is 5. The number of nitrogens with one attached hydrogen (secondary N) is 1. The molecule has 1 aromatic heterocycles. The maximum Gasteiger partial charge on any atom is 0.319 e. The van der Waals surface area contributed by atoms with E-state index >= 15 is 0 Å². The quantitative estimate of drug-likeness (QED) is 0.460. The molecule has 0 saturated heterocycles. The van der Waals surface area contributed by atoms with Crippen LogP contribution in [-0.2, 0) is 19.3 Å². The zero-order valence-corrected chi connectivity index (χ0v) is 22.0. The van der Waals surface area contributed by atoms with E-state index in [2.05, 4.69) is 42.5 Å². The molecule has 2 aliphatic carbocycles. The number of aryl methyl sites for hydroxylation is 1. The SMILES string of the molecule is CN(C)c1nc(NC2CCC(N(C(N)=O)c3ccccc3Cc3ccccc3)CC2)nc2c1CCCC2. The smallest absolute Gasteiger partial charge is 0.319 e. The van der Waals surface area contributed by atoms with Crippen LogP contribution in [0.25, 0.3) is 0 Å². The lowest BCUT2D eigenvalue weighted by Gasteiger charge is -2.37. The Bertz CT molecular complexity index is 1220. The Morgan fingerprint density at radius 1 is 0.946 bits per heavy atom. The second-order valence-corrected chi connectivity index (χ2v) is 10.5. The zero-order valence-electron chi connectivity index (χ0n) is 22.0. The van der Waals surface area contributed by atoms with Crippen molar-refractivity contribution in [3.63, 3.8) is 0 Å². The monoisotopic (exact) mass is 498 g/mol. The van der Waals surface area contributed by atoms with Gasteiger partial charge >= 0.3 is 6.03 Å². The first-order valence-corrected chi connectivity index (χ1v) is 13.5. The van der Waals surface area contributed by atoms with Crippen molar-refractivity contribution in [1.82, 2.24) is 9.97 Å². The third kappa shape index (κ3) is 5.71. The second-order valence-electron chi connectivity index (χ2n) is 10.5. The van der Waals surface area contributed by atoms with E-state index in [1.54, 1.807) is 0 Å². The fraction of sp³-hybridized carbons (Fsp3) is 0.433. The van der Waals surface area contributed by atoms with E-state index in [0.717, 1.165) is 68.0 Å². The molecule has 5 rings (SSSR count). The van der Waals surface area contributed by atoms with Crippen LogP contribution in [0, 0.1) is 0 Å². The first-order valence-electron chi connectivity index (χ1n) is 13.5. The molecule has 7 heteroatoms. The van der Waals surface area contributed by atoms with Crippen molar-refractivity contribution in [3.8, 4) is 0 Å². The van der Waals surface area contributed by atoms with Crippen LogP contribution in [0.3, 0.4) is 0 Å². The zero-order chi connectivity index (χ0) is 25.8. The molecule has 7 nitrogen and oxygen atoms in total. The normalized spacial score (nSPS) is 19.1. The van der Waals surface area contributed by atoms with Crippen molar-refractivity contribution in [3.05, 3.63) is 77.0 Å². The molecule has 194 valence electrons. The maximum atomic E-state index is 12.7. The molecular weight excluding hydrogens is 460 g/mol. The first kappa shape index (κ1) is 25.1. The molecule has 2 aliphatic rings. The van der Waals surface area contributed by atoms with Gasteiger partial charge in [0, 0.05) is 37.4 Å². The highest BCUT2D eigenvalue weighted by Gasteiger charge is 2.31. The van der Waals surface area contributed by atoms with Gasteiger partial charge in [-0.05, 0) is 75.0 Å². The van der Waals surface area contributed by atoms with E-state index in [1.807, 2.05) is 41.3 Å². The van der Waals surface area contributed by atoms with Gasteiger partial charge in [0.2, 0.25) is 5.95 Å². The molecule has 3 N–H and O–H groups in total. The van der Waals surface area contributed by atoms with E-state index in [9.17, 15) is 4.79 Å². The van der Waals surface area contributed by atoms with E-state index in [1.165, 1.54) is 29.7 Å². The number of rotatable bonds is 7. The third-order valence-electron chi connectivity index (χ3n) is 7.71. The summed E-state index contributed by atoms with van der Waals surface area (Å²) >= 11 is 0. The van der Waals surface area contributed by atoms with Crippen LogP contribution in [0.15, 0.2) is 54.6 Å². The molecule has 0 bridgehead atoms. The van der Waals surface area contributed by atoms with Gasteiger partial charge in [-0.2, -0.15) is 4.98 Å². The number of fused-ring (bicyclic) bond motifs is 1. The molecule has 0 atom stereocenters. The highest BCUT2D eigenvalue weighted by atomic mass is 16.2. The summed E-state index contributed by atoms with van der Waals surface area (Å²) < 4.78 is 0. The van der Waals surface area contributed by atoms with Crippen LogP contribution in [0.4, 0.5) is 22.2 Å². The molecule has 3 aromatic rings. The summed E-state index contributed by atoms with van der Waals surface area (Å²) in [5.41, 5.74) is 11.7. The average Bonchev–Trinajstić information content (AvgIpc) is 2.91. The van der Waals surface area contributed by atoms with E-state index in [0.29, 0.717) is 0 Å². The summed E-state index contributed by atoms with van der Waals surface area (Å²) in [6.45, 7) is 0. The molecule has 37 heavy (non-hydrogen) atoms. The van der Waals surface area contributed by atoms with Gasteiger partial charge in [0.15, 0.2) is 0 Å². The summed E-state index contributed by atoms with van der Waals surface area (Å²) in [6.07, 6.45) is 8.88. The number of primary amides is 1. The fourth-order valence-electron chi connectivity index (χ4n) is 5.88. The number of amides is 2. The Kier molecular flexibility index (Phi) is 7.58. The molecule has 0 aliphatic heterocycles. The molecule has 0 unspecified atom stereocenters. The Hall–Kier alpha value is -3.61. The van der Waals surface area contributed by atoms with Crippen LogP contribution in [0.5, 0.6) is 0 Å². The number of nitrogens with zero attached hydrogens (tertiary/aromatic N) is 4. The molecular formula is C30H38N6O. The van der Waals surface area contributed by atoms with Gasteiger partial charge in [0.25, 0.3) is 0 Å². The molecule has 2 amide bonds. The van der Waals surface area contributed by atoms with Crippen LogP contribution in [0.1, 0.15) is 60.9 Å². The van der Waals surface area contributed by atoms with Gasteiger partial charge in [-0.1, -0.05) is 48.5 Å². The average molecular weight is 499 g/mol. The van der Waals surface area contributed by atoms with Gasteiger partial charge in [-0.15, -0.1) is 0 Å². The Morgan fingerprint density at radius 3 is 2.38 bits per heavy atom. The number of para-hydroxylation sites is 1. The minimum absolute atomic E-state index is 0.0780. The van der Waals surface area contributed by atoms with Crippen LogP contribution >= 0.6 is 0 Å². The summed E-state index contributed by atoms with van der Waals surface area (Å²) in [5.74, 6) is 1.77. The van der Waals surface area contributed by atoms with Crippen LogP contribution < -0.4 is 20.9 Å². The number of benzene rings is 2. The first-order chi connectivity index (χ1) is 18.0. The molecule has 1 saturated carbocycles. The predicted octanol–water partition coefficient (Wildman–Crippen LogP) is 5.32. The van der Waals surface area contributed by atoms with Gasteiger partial charge in [-0.3, -0.25) is 4.90 Å². The standard InChI is InChI=1S/C30H38N6O/c1-35(2)28-25-13-7-8-14-26(25)33-30(34-28)32-23-16-18-24(19-17-23)36(29(31)37)27-15-9-6-12-22(27)20-21-10-4-3-5-11-21/h3-6,9-12,15,23-24H,7-8,13-14,16-20H2,1-2H3,(H2,31,37)(H,32,33,34). The fourth-order valence-corrected chi connectivity index (χ4v) is 5.88. The number of carbonyl (C=O) groups is 1. The van der Waals surface area contributed by atoms with E-state index in [4.69, 9.17) is 15.7 Å². The van der Waals surface area contributed by atoms with Gasteiger partial charge in [-0.25, -0.2) is 9.78 Å². The molecule has 2 aromatic carbocycles. The lowest BCUT2D eigenvalue weighted by atomic mass is 9.89. The Morgan fingerprint density at radius 2 is 1.65 bits per heavy atom. The highest BCUT2D eigenvalue weighted by Crippen LogP contribution is 2.33. The lowest BCUT2D eigenvalue weighted by molar-refractivity contribution is 0.248. The van der Waals surface area contributed by atoms with Crippen molar-refractivity contribution < 1.29 is 4.79 Å². The number of hydrogen-bond donors (Lipinski definition) is 2. The minimum atomic E-state index is -0.384. The number of carbonyl (C=O) groups excluding carboxylic acids is 1. The number of anilines is 3. The molecule has 0 radical (unpaired) electrons.